The van der Waals surface area contributed by atoms with Crippen LogP contribution in [0.1, 0.15) is 33.0 Å². The van der Waals surface area contributed by atoms with Gasteiger partial charge in [-0.3, -0.25) is 4.79 Å². The molecule has 0 saturated carbocycles. The number of allylic oxidation sites excluding steroid dienone is 1. The van der Waals surface area contributed by atoms with Crippen LogP contribution in [0.5, 0.6) is 0 Å². The summed E-state index contributed by atoms with van der Waals surface area (Å²) in [6, 6.07) is 5.11. The number of hydrogen-bond acceptors (Lipinski definition) is 2. The first kappa shape index (κ1) is 23.6. The Kier molecular flexibility index (Phi) is 6.98. The third-order valence-electron chi connectivity index (χ3n) is 4.77. The van der Waals surface area contributed by atoms with Crippen molar-refractivity contribution in [2.45, 2.75) is 25.1 Å². The molecule has 1 heterocycles. The van der Waals surface area contributed by atoms with Crippen molar-refractivity contribution in [3.05, 3.63) is 75.3 Å². The highest BCUT2D eigenvalue weighted by Gasteiger charge is 2.39. The predicted octanol–water partition coefficient (Wildman–Crippen LogP) is 5.15. The summed E-state index contributed by atoms with van der Waals surface area (Å²) in [6.07, 6.45) is -2.79. The number of aryl methyl sites for hydroxylation is 1. The highest BCUT2D eigenvalue weighted by molar-refractivity contribution is 7.92. The fourth-order valence-electron chi connectivity index (χ4n) is 3.11. The van der Waals surface area contributed by atoms with Gasteiger partial charge in [-0.15, -0.1) is 0 Å². The largest absolute Gasteiger partial charge is 0.616 e. The van der Waals surface area contributed by atoms with E-state index in [0.717, 1.165) is 30.4 Å². The molecule has 2 aromatic rings. The van der Waals surface area contributed by atoms with Crippen molar-refractivity contribution in [3.63, 3.8) is 0 Å². The molecule has 3 rings (SSSR count). The Morgan fingerprint density at radius 3 is 2.48 bits per heavy atom. The zero-order valence-electron chi connectivity index (χ0n) is 16.1. The van der Waals surface area contributed by atoms with Gasteiger partial charge in [-0.25, -0.2) is 8.78 Å². The quantitative estimate of drug-likeness (QED) is 0.478. The maximum atomic E-state index is 14.3. The van der Waals surface area contributed by atoms with Crippen LogP contribution < -0.4 is 5.32 Å². The van der Waals surface area contributed by atoms with E-state index in [0.29, 0.717) is 11.5 Å². The minimum Gasteiger partial charge on any atom is -0.616 e. The van der Waals surface area contributed by atoms with Crippen LogP contribution in [0.15, 0.2) is 36.4 Å². The van der Waals surface area contributed by atoms with Gasteiger partial charge < -0.3 is 9.87 Å². The molecule has 1 amide bonds. The van der Waals surface area contributed by atoms with Gasteiger partial charge in [0.25, 0.3) is 5.91 Å². The van der Waals surface area contributed by atoms with Gasteiger partial charge in [0.05, 0.1) is 16.5 Å². The van der Waals surface area contributed by atoms with E-state index in [9.17, 15) is 31.3 Å². The number of benzene rings is 2. The lowest BCUT2D eigenvalue weighted by atomic mass is 9.95. The Balaban J connectivity index is 1.81. The molecule has 10 heteroatoms. The molecule has 1 aliphatic rings. The molecule has 1 fully saturated rings. The van der Waals surface area contributed by atoms with Gasteiger partial charge in [0.2, 0.25) is 0 Å². The molecule has 1 unspecified atom stereocenters. The minimum atomic E-state index is -4.69. The van der Waals surface area contributed by atoms with E-state index in [1.807, 2.05) is 0 Å². The first-order valence-corrected chi connectivity index (χ1v) is 11.0. The normalized spacial score (nSPS) is 19.9. The molecular formula is C21H17ClF5NO2S. The molecule has 0 aliphatic carbocycles. The third kappa shape index (κ3) is 5.58. The number of rotatable bonds is 5. The Labute approximate surface area is 183 Å². The number of hydrogen-bond donors (Lipinski definition) is 1. The molecular weight excluding hydrogens is 461 g/mol. The lowest BCUT2D eigenvalue weighted by Gasteiger charge is -2.29. The van der Waals surface area contributed by atoms with Crippen LogP contribution in [0.3, 0.4) is 0 Å². The smallest absolute Gasteiger partial charge is 0.399 e. The number of alkyl halides is 3. The molecule has 2 aromatic carbocycles. The molecule has 1 N–H and O–H groups in total. The molecule has 1 saturated heterocycles. The summed E-state index contributed by atoms with van der Waals surface area (Å²) in [7, 11) is 0. The van der Waals surface area contributed by atoms with Crippen molar-refractivity contribution >= 4 is 34.8 Å². The summed E-state index contributed by atoms with van der Waals surface area (Å²) in [4.78, 5) is 12.1. The van der Waals surface area contributed by atoms with Gasteiger partial charge >= 0.3 is 6.18 Å². The van der Waals surface area contributed by atoms with Crippen LogP contribution in [-0.2, 0) is 11.2 Å². The molecule has 0 aromatic heterocycles. The average molecular weight is 478 g/mol. The summed E-state index contributed by atoms with van der Waals surface area (Å²) in [6.45, 7) is 1.31. The Bertz CT molecular complexity index is 998. The molecule has 0 radical (unpaired) electrons. The maximum Gasteiger partial charge on any atom is 0.399 e. The number of carbonyl (C=O) groups excluding carboxylic acids is 1. The number of nitrogens with one attached hydrogen (secondary N) is 1. The van der Waals surface area contributed by atoms with Crippen molar-refractivity contribution in [2.75, 3.05) is 11.5 Å². The summed E-state index contributed by atoms with van der Waals surface area (Å²) in [5, 5.41) is 2.13. The van der Waals surface area contributed by atoms with E-state index < -0.39 is 45.8 Å². The Morgan fingerprint density at radius 2 is 1.94 bits per heavy atom. The SMILES string of the molecule is Cc1cc(C(/C=C/c2ccc(C(=O)NC3C[S+]([O-])C3)c(F)c2)C(F)(F)F)cc(Cl)c1F. The standard InChI is InChI=1S/C21H17ClF5NO2S/c1-11-6-13(8-17(22)19(11)24)16(21(25,26)27)5-3-12-2-4-15(18(23)7-12)20(29)28-14-9-31(30)10-14/h2-8,14,16H,9-10H2,1H3,(H,28,29)/b5-3+. The van der Waals surface area contributed by atoms with Crippen molar-refractivity contribution < 1.29 is 31.3 Å². The van der Waals surface area contributed by atoms with Crippen molar-refractivity contribution in [1.29, 1.82) is 0 Å². The second-order valence-electron chi connectivity index (χ2n) is 7.19. The fraction of sp³-hybridized carbons (Fsp3) is 0.286. The van der Waals surface area contributed by atoms with Crippen molar-refractivity contribution in [3.8, 4) is 0 Å². The zero-order chi connectivity index (χ0) is 22.9. The lowest BCUT2D eigenvalue weighted by molar-refractivity contribution is -0.139. The highest BCUT2D eigenvalue weighted by atomic mass is 35.5. The molecule has 1 atom stereocenters. The highest BCUT2D eigenvalue weighted by Crippen LogP contribution is 2.38. The molecule has 0 spiro atoms. The number of amides is 1. The van der Waals surface area contributed by atoms with Crippen molar-refractivity contribution in [2.24, 2.45) is 0 Å². The van der Waals surface area contributed by atoms with E-state index in [1.54, 1.807) is 0 Å². The zero-order valence-corrected chi connectivity index (χ0v) is 17.7. The minimum absolute atomic E-state index is 0.0261. The van der Waals surface area contributed by atoms with E-state index in [2.05, 4.69) is 5.32 Å². The second kappa shape index (κ2) is 9.18. The molecule has 3 nitrogen and oxygen atoms in total. The summed E-state index contributed by atoms with van der Waals surface area (Å²) in [5.41, 5.74) is -0.426. The molecule has 0 bridgehead atoms. The van der Waals surface area contributed by atoms with E-state index in [1.165, 1.54) is 19.1 Å². The molecule has 31 heavy (non-hydrogen) atoms. The predicted molar refractivity (Wildman–Crippen MR) is 110 cm³/mol. The lowest BCUT2D eigenvalue weighted by Crippen LogP contribution is -2.53. The van der Waals surface area contributed by atoms with Crippen molar-refractivity contribution in [1.82, 2.24) is 5.32 Å². The Morgan fingerprint density at radius 1 is 1.26 bits per heavy atom. The van der Waals surface area contributed by atoms with Crippen LogP contribution >= 0.6 is 11.6 Å². The summed E-state index contributed by atoms with van der Waals surface area (Å²) < 4.78 is 79.8. The number of halogens is 6. The third-order valence-corrected chi connectivity index (χ3v) is 6.60. The van der Waals surface area contributed by atoms with E-state index in [4.69, 9.17) is 11.6 Å². The van der Waals surface area contributed by atoms with Gasteiger partial charge in [-0.1, -0.05) is 35.9 Å². The van der Waals surface area contributed by atoms with Gasteiger partial charge in [0.15, 0.2) is 0 Å². The number of carbonyl (C=O) groups is 1. The van der Waals surface area contributed by atoms with Crippen LogP contribution in [0, 0.1) is 18.6 Å². The average Bonchev–Trinajstić information content (AvgIpc) is 2.63. The topological polar surface area (TPSA) is 52.2 Å². The fourth-order valence-corrected chi connectivity index (χ4v) is 4.36. The second-order valence-corrected chi connectivity index (χ2v) is 9.15. The molecule has 1 aliphatic heterocycles. The van der Waals surface area contributed by atoms with E-state index in [-0.39, 0.29) is 28.3 Å². The summed E-state index contributed by atoms with van der Waals surface area (Å²) in [5.74, 6) is -3.85. The van der Waals surface area contributed by atoms with Gasteiger partial charge in [-0.2, -0.15) is 13.2 Å². The first-order valence-electron chi connectivity index (χ1n) is 9.11. The Hall–Kier alpha value is -2.10. The van der Waals surface area contributed by atoms with Gasteiger partial charge in [0.1, 0.15) is 29.2 Å². The first-order chi connectivity index (χ1) is 14.5. The van der Waals surface area contributed by atoms with Gasteiger partial charge in [-0.05, 0) is 53.0 Å². The van der Waals surface area contributed by atoms with Crippen LogP contribution in [0.4, 0.5) is 22.0 Å². The van der Waals surface area contributed by atoms with Crippen LogP contribution in [-0.4, -0.2) is 34.2 Å². The monoisotopic (exact) mass is 477 g/mol. The summed E-state index contributed by atoms with van der Waals surface area (Å²) >= 11 is 4.71. The van der Waals surface area contributed by atoms with Crippen LogP contribution in [0.25, 0.3) is 6.08 Å². The maximum absolute atomic E-state index is 14.3. The van der Waals surface area contributed by atoms with Crippen LogP contribution in [0.2, 0.25) is 5.02 Å². The van der Waals surface area contributed by atoms with Gasteiger partial charge in [0, 0.05) is 0 Å². The van der Waals surface area contributed by atoms with E-state index >= 15 is 0 Å². The molecule has 166 valence electrons.